The predicted octanol–water partition coefficient (Wildman–Crippen LogP) is -0.238. The number of hydrogen-bond acceptors (Lipinski definition) is 8. The molecule has 0 aliphatic carbocycles. The van der Waals surface area contributed by atoms with E-state index in [0.717, 1.165) is 5.82 Å². The van der Waals surface area contributed by atoms with Crippen LogP contribution >= 0.6 is 0 Å². The van der Waals surface area contributed by atoms with Gasteiger partial charge in [-0.2, -0.15) is 5.10 Å². The minimum Gasteiger partial charge on any atom is -0.479 e. The molecule has 0 N–H and O–H groups in total. The molecule has 4 rings (SSSR count). The van der Waals surface area contributed by atoms with Gasteiger partial charge in [0.2, 0.25) is 5.88 Å². The van der Waals surface area contributed by atoms with Crippen molar-refractivity contribution >= 4 is 11.7 Å². The molecule has 11 heteroatoms. The van der Waals surface area contributed by atoms with E-state index in [9.17, 15) is 4.79 Å². The summed E-state index contributed by atoms with van der Waals surface area (Å²) in [5, 5.41) is 16.6. The smallest absolute Gasteiger partial charge is 0.261 e. The number of aryl methyl sites for hydroxylation is 1. The monoisotopic (exact) mass is 369 g/mol. The maximum atomic E-state index is 12.7. The summed E-state index contributed by atoms with van der Waals surface area (Å²) in [7, 11) is 3.28. The molecule has 0 bridgehead atoms. The van der Waals surface area contributed by atoms with Crippen molar-refractivity contribution in [3.63, 3.8) is 0 Å². The molecule has 3 aromatic rings. The SMILES string of the molecule is COc1nn(C)cc1C(=O)N1CCN(c2ccc(-n3cncn3)nn2)CC1. The minimum atomic E-state index is -0.0767. The molecule has 11 nitrogen and oxygen atoms in total. The van der Waals surface area contributed by atoms with Crippen molar-refractivity contribution < 1.29 is 9.53 Å². The molecule has 4 heterocycles. The van der Waals surface area contributed by atoms with Gasteiger partial charge in [0.15, 0.2) is 11.6 Å². The Kier molecular flexibility index (Phi) is 4.40. The number of ether oxygens (including phenoxy) is 1. The highest BCUT2D eigenvalue weighted by atomic mass is 16.5. The van der Waals surface area contributed by atoms with E-state index < -0.39 is 0 Å². The molecule has 27 heavy (non-hydrogen) atoms. The Morgan fingerprint density at radius 3 is 2.48 bits per heavy atom. The van der Waals surface area contributed by atoms with Gasteiger partial charge in [-0.15, -0.1) is 15.3 Å². The number of aromatic nitrogens is 7. The maximum absolute atomic E-state index is 12.7. The van der Waals surface area contributed by atoms with Crippen LogP contribution in [0.5, 0.6) is 5.88 Å². The van der Waals surface area contributed by atoms with Crippen molar-refractivity contribution in [3.8, 4) is 11.7 Å². The third-order valence-corrected chi connectivity index (χ3v) is 4.40. The normalized spacial score (nSPS) is 14.4. The van der Waals surface area contributed by atoms with Crippen LogP contribution in [-0.2, 0) is 7.05 Å². The number of methoxy groups -OCH3 is 1. The fraction of sp³-hybridized carbons (Fsp3) is 0.375. The highest BCUT2D eigenvalue weighted by molar-refractivity contribution is 5.96. The maximum Gasteiger partial charge on any atom is 0.261 e. The first kappa shape index (κ1) is 16.9. The van der Waals surface area contributed by atoms with Gasteiger partial charge in [0.05, 0.1) is 7.11 Å². The Bertz CT molecular complexity index is 912. The Balaban J connectivity index is 1.40. The molecule has 1 amide bonds. The standard InChI is InChI=1S/C16H19N9O2/c1-22-9-12(15(21-22)27-2)16(26)24-7-5-23(6-8-24)13-3-4-14(20-19-13)25-11-17-10-18-25/h3-4,9-11H,5-8H2,1-2H3. The first-order valence-corrected chi connectivity index (χ1v) is 8.46. The Labute approximate surface area is 155 Å². The van der Waals surface area contributed by atoms with Crippen molar-refractivity contribution in [2.75, 3.05) is 38.2 Å². The highest BCUT2D eigenvalue weighted by Crippen LogP contribution is 2.20. The van der Waals surface area contributed by atoms with Crippen LogP contribution in [0.3, 0.4) is 0 Å². The van der Waals surface area contributed by atoms with Crippen molar-refractivity contribution in [1.29, 1.82) is 0 Å². The van der Waals surface area contributed by atoms with E-state index in [0.29, 0.717) is 43.4 Å². The lowest BCUT2D eigenvalue weighted by Crippen LogP contribution is -2.49. The van der Waals surface area contributed by atoms with Crippen LogP contribution in [0.25, 0.3) is 5.82 Å². The largest absolute Gasteiger partial charge is 0.479 e. The summed E-state index contributed by atoms with van der Waals surface area (Å²) < 4.78 is 8.32. The molecule has 0 atom stereocenters. The Hall–Kier alpha value is -3.50. The second-order valence-electron chi connectivity index (χ2n) is 6.09. The number of rotatable bonds is 4. The summed E-state index contributed by atoms with van der Waals surface area (Å²) in [6.45, 7) is 2.52. The first-order valence-electron chi connectivity index (χ1n) is 8.46. The van der Waals surface area contributed by atoms with Gasteiger partial charge in [-0.1, -0.05) is 0 Å². The third-order valence-electron chi connectivity index (χ3n) is 4.40. The molecule has 0 unspecified atom stereocenters. The Morgan fingerprint density at radius 2 is 1.85 bits per heavy atom. The zero-order valence-electron chi connectivity index (χ0n) is 15.1. The molecular weight excluding hydrogens is 350 g/mol. The van der Waals surface area contributed by atoms with Crippen molar-refractivity contribution in [2.24, 2.45) is 7.05 Å². The van der Waals surface area contributed by atoms with Crippen LogP contribution in [0.2, 0.25) is 0 Å². The van der Waals surface area contributed by atoms with E-state index in [4.69, 9.17) is 4.74 Å². The number of amides is 1. The van der Waals surface area contributed by atoms with Crippen LogP contribution in [0.1, 0.15) is 10.4 Å². The van der Waals surface area contributed by atoms with Crippen molar-refractivity contribution in [1.82, 2.24) is 39.6 Å². The van der Waals surface area contributed by atoms with Gasteiger partial charge >= 0.3 is 0 Å². The Morgan fingerprint density at radius 1 is 1.11 bits per heavy atom. The first-order chi connectivity index (χ1) is 13.2. The zero-order valence-corrected chi connectivity index (χ0v) is 15.1. The predicted molar refractivity (Wildman–Crippen MR) is 94.8 cm³/mol. The van der Waals surface area contributed by atoms with E-state index in [2.05, 4.69) is 30.3 Å². The van der Waals surface area contributed by atoms with E-state index in [1.54, 1.807) is 33.8 Å². The van der Waals surface area contributed by atoms with Gasteiger partial charge in [0, 0.05) is 39.4 Å². The zero-order chi connectivity index (χ0) is 18.8. The van der Waals surface area contributed by atoms with Crippen molar-refractivity contribution in [3.05, 3.63) is 36.5 Å². The highest BCUT2D eigenvalue weighted by Gasteiger charge is 2.26. The van der Waals surface area contributed by atoms with Gasteiger partial charge in [0.1, 0.15) is 18.2 Å². The summed E-state index contributed by atoms with van der Waals surface area (Å²) in [5.41, 5.74) is 0.477. The minimum absolute atomic E-state index is 0.0767. The van der Waals surface area contributed by atoms with Gasteiger partial charge in [0.25, 0.3) is 5.91 Å². The molecule has 3 aromatic heterocycles. The van der Waals surface area contributed by atoms with Crippen molar-refractivity contribution in [2.45, 2.75) is 0 Å². The van der Waals surface area contributed by atoms with Crippen LogP contribution in [0.15, 0.2) is 31.0 Å². The van der Waals surface area contributed by atoms with E-state index in [1.807, 2.05) is 12.1 Å². The summed E-state index contributed by atoms with van der Waals surface area (Å²) in [5.74, 6) is 1.64. The molecular formula is C16H19N9O2. The van der Waals surface area contributed by atoms with Crippen LogP contribution in [-0.4, -0.2) is 78.8 Å². The van der Waals surface area contributed by atoms with E-state index >= 15 is 0 Å². The summed E-state index contributed by atoms with van der Waals surface area (Å²) in [6.07, 6.45) is 4.70. The number of hydrogen-bond donors (Lipinski definition) is 0. The van der Waals surface area contributed by atoms with Gasteiger partial charge in [-0.25, -0.2) is 9.67 Å². The second kappa shape index (κ2) is 7.02. The van der Waals surface area contributed by atoms with Gasteiger partial charge in [-0.3, -0.25) is 9.48 Å². The summed E-state index contributed by atoms with van der Waals surface area (Å²) in [4.78, 5) is 20.5. The fourth-order valence-electron chi connectivity index (χ4n) is 3.01. The summed E-state index contributed by atoms with van der Waals surface area (Å²) >= 11 is 0. The van der Waals surface area contributed by atoms with Gasteiger partial charge in [-0.05, 0) is 12.1 Å². The number of nitrogens with zero attached hydrogens (tertiary/aromatic N) is 9. The lowest BCUT2D eigenvalue weighted by molar-refractivity contribution is 0.0743. The molecule has 1 saturated heterocycles. The summed E-state index contributed by atoms with van der Waals surface area (Å²) in [6, 6.07) is 3.74. The average Bonchev–Trinajstić information content (AvgIpc) is 3.37. The van der Waals surface area contributed by atoms with E-state index in [-0.39, 0.29) is 5.91 Å². The van der Waals surface area contributed by atoms with Gasteiger partial charge < -0.3 is 14.5 Å². The molecule has 1 fully saturated rings. The van der Waals surface area contributed by atoms with Crippen LogP contribution < -0.4 is 9.64 Å². The number of piperazine rings is 1. The number of anilines is 1. The number of carbonyl (C=O) groups excluding carboxylic acids is 1. The third kappa shape index (κ3) is 3.30. The van der Waals surface area contributed by atoms with Crippen LogP contribution in [0.4, 0.5) is 5.82 Å². The molecule has 0 spiro atoms. The quantitative estimate of drug-likeness (QED) is 0.620. The topological polar surface area (TPSA) is 107 Å². The lowest BCUT2D eigenvalue weighted by atomic mass is 10.2. The lowest BCUT2D eigenvalue weighted by Gasteiger charge is -2.35. The number of carbonyl (C=O) groups is 1. The molecule has 1 aliphatic rings. The van der Waals surface area contributed by atoms with Crippen LogP contribution in [0, 0.1) is 0 Å². The molecule has 140 valence electrons. The molecule has 1 aliphatic heterocycles. The molecule has 0 radical (unpaired) electrons. The molecule has 0 aromatic carbocycles. The fourth-order valence-corrected chi connectivity index (χ4v) is 3.01. The molecule has 0 saturated carbocycles. The second-order valence-corrected chi connectivity index (χ2v) is 6.09. The average molecular weight is 369 g/mol. The van der Waals surface area contributed by atoms with E-state index in [1.165, 1.54) is 13.4 Å².